The molecule has 32 heavy (non-hydrogen) atoms. The highest BCUT2D eigenvalue weighted by molar-refractivity contribution is 5.96. The van der Waals surface area contributed by atoms with Crippen LogP contribution < -0.4 is 10.1 Å². The first-order valence-electron chi connectivity index (χ1n) is 9.23. The molecule has 1 saturated heterocycles. The number of aromatic nitrogens is 2. The van der Waals surface area contributed by atoms with Gasteiger partial charge in [-0.25, -0.2) is 23.5 Å². The van der Waals surface area contributed by atoms with E-state index in [2.05, 4.69) is 20.0 Å². The van der Waals surface area contributed by atoms with Crippen LogP contribution in [0, 0.1) is 6.92 Å². The molecule has 0 radical (unpaired) electrons. The SMILES string of the molecule is Cc1ccc(Nc2cc(OC(F)(F)F)ccn2)nc1C(=O)N1CC(F)(F)CCC1C(=O)O. The maximum Gasteiger partial charge on any atom is 0.573 e. The number of hydrogen-bond acceptors (Lipinski definition) is 6. The van der Waals surface area contributed by atoms with E-state index in [-0.39, 0.29) is 17.3 Å². The van der Waals surface area contributed by atoms with Crippen molar-refractivity contribution in [2.75, 3.05) is 11.9 Å². The number of ether oxygens (including phenoxy) is 1. The molecular weight excluding hydrogens is 443 g/mol. The molecule has 1 atom stereocenters. The van der Waals surface area contributed by atoms with Gasteiger partial charge in [-0.1, -0.05) is 6.07 Å². The number of likely N-dealkylation sites (tertiary alicyclic amines) is 1. The molecule has 0 aliphatic carbocycles. The minimum absolute atomic E-state index is 0.0220. The number of carboxylic acid groups (broad SMARTS) is 1. The van der Waals surface area contributed by atoms with E-state index < -0.39 is 55.3 Å². The van der Waals surface area contributed by atoms with E-state index in [9.17, 15) is 36.6 Å². The molecule has 0 bridgehead atoms. The number of nitrogens with zero attached hydrogens (tertiary/aromatic N) is 3. The molecule has 0 aromatic carbocycles. The summed E-state index contributed by atoms with van der Waals surface area (Å²) in [5, 5.41) is 11.9. The summed E-state index contributed by atoms with van der Waals surface area (Å²) in [7, 11) is 0. The number of anilines is 2. The first kappa shape index (κ1) is 23.2. The van der Waals surface area contributed by atoms with Crippen LogP contribution in [-0.4, -0.2) is 56.7 Å². The number of carboxylic acids is 1. The molecule has 172 valence electrons. The maximum atomic E-state index is 13.9. The predicted molar refractivity (Wildman–Crippen MR) is 99.8 cm³/mol. The van der Waals surface area contributed by atoms with Crippen molar-refractivity contribution in [3.8, 4) is 5.75 Å². The number of carbonyl (C=O) groups excluding carboxylic acids is 1. The van der Waals surface area contributed by atoms with Crippen molar-refractivity contribution in [3.63, 3.8) is 0 Å². The molecule has 13 heteroatoms. The van der Waals surface area contributed by atoms with Crippen molar-refractivity contribution in [2.45, 2.75) is 38.1 Å². The van der Waals surface area contributed by atoms with Crippen LogP contribution in [0.25, 0.3) is 0 Å². The Morgan fingerprint density at radius 2 is 1.97 bits per heavy atom. The zero-order chi connectivity index (χ0) is 23.7. The summed E-state index contributed by atoms with van der Waals surface area (Å²) >= 11 is 0. The minimum atomic E-state index is -4.91. The third-order valence-corrected chi connectivity index (χ3v) is 4.63. The summed E-state index contributed by atoms with van der Waals surface area (Å²) in [6, 6.07) is 3.32. The van der Waals surface area contributed by atoms with E-state index >= 15 is 0 Å². The third kappa shape index (κ3) is 5.59. The fourth-order valence-electron chi connectivity index (χ4n) is 3.17. The van der Waals surface area contributed by atoms with Gasteiger partial charge >= 0.3 is 12.3 Å². The number of alkyl halides is 5. The highest BCUT2D eigenvalue weighted by atomic mass is 19.4. The average molecular weight is 460 g/mol. The van der Waals surface area contributed by atoms with Crippen molar-refractivity contribution >= 4 is 23.5 Å². The Hall–Kier alpha value is -3.51. The summed E-state index contributed by atoms with van der Waals surface area (Å²) in [5.74, 6) is -6.31. The lowest BCUT2D eigenvalue weighted by Crippen LogP contribution is -2.54. The van der Waals surface area contributed by atoms with Gasteiger partial charge in [0.25, 0.3) is 11.8 Å². The molecule has 2 N–H and O–H groups in total. The van der Waals surface area contributed by atoms with Crippen molar-refractivity contribution in [1.29, 1.82) is 0 Å². The maximum absolute atomic E-state index is 13.9. The van der Waals surface area contributed by atoms with E-state index in [4.69, 9.17) is 0 Å². The van der Waals surface area contributed by atoms with Gasteiger partial charge in [-0.2, -0.15) is 0 Å². The van der Waals surface area contributed by atoms with Crippen molar-refractivity contribution in [2.24, 2.45) is 0 Å². The summed E-state index contributed by atoms with van der Waals surface area (Å²) in [6.07, 6.45) is -4.93. The molecule has 1 aliphatic heterocycles. The molecule has 1 unspecified atom stereocenters. The first-order chi connectivity index (χ1) is 14.8. The van der Waals surface area contributed by atoms with Gasteiger partial charge in [0.2, 0.25) is 0 Å². The Bertz CT molecular complexity index is 1030. The second-order valence-electron chi connectivity index (χ2n) is 7.09. The van der Waals surface area contributed by atoms with Crippen LogP contribution in [0.3, 0.4) is 0 Å². The van der Waals surface area contributed by atoms with Crippen LogP contribution in [0.15, 0.2) is 30.5 Å². The van der Waals surface area contributed by atoms with Gasteiger partial charge in [0, 0.05) is 18.7 Å². The number of hydrogen-bond donors (Lipinski definition) is 2. The number of halogens is 5. The van der Waals surface area contributed by atoms with Crippen LogP contribution in [0.1, 0.15) is 28.9 Å². The molecule has 2 aromatic rings. The van der Waals surface area contributed by atoms with Gasteiger partial charge in [0.15, 0.2) is 0 Å². The molecule has 0 spiro atoms. The Kier molecular flexibility index (Phi) is 6.19. The topological polar surface area (TPSA) is 105 Å². The molecule has 3 heterocycles. The van der Waals surface area contributed by atoms with Gasteiger partial charge < -0.3 is 20.1 Å². The van der Waals surface area contributed by atoms with Crippen LogP contribution in [0.2, 0.25) is 0 Å². The zero-order valence-corrected chi connectivity index (χ0v) is 16.5. The number of nitrogens with one attached hydrogen (secondary N) is 1. The van der Waals surface area contributed by atoms with Crippen molar-refractivity contribution in [3.05, 3.63) is 41.7 Å². The van der Waals surface area contributed by atoms with E-state index in [1.165, 1.54) is 19.1 Å². The quantitative estimate of drug-likeness (QED) is 0.655. The standard InChI is InChI=1S/C19H17F5N4O4/c1-10-2-3-13(26-14-8-11(5-7-25-14)32-19(22,23)24)27-15(10)16(29)28-9-18(20,21)6-4-12(28)17(30)31/h2-3,5,7-8,12H,4,6,9H2,1H3,(H,30,31)(H,25,26,27). The summed E-state index contributed by atoms with van der Waals surface area (Å²) in [5.41, 5.74) is 0.0161. The lowest BCUT2D eigenvalue weighted by molar-refractivity contribution is -0.274. The minimum Gasteiger partial charge on any atom is -0.480 e. The summed E-state index contributed by atoms with van der Waals surface area (Å²) < 4.78 is 68.7. The molecule has 0 saturated carbocycles. The van der Waals surface area contributed by atoms with Gasteiger partial charge in [0.05, 0.1) is 6.54 Å². The van der Waals surface area contributed by atoms with Crippen LogP contribution in [-0.2, 0) is 4.79 Å². The van der Waals surface area contributed by atoms with Gasteiger partial charge in [-0.05, 0) is 31.0 Å². The van der Waals surface area contributed by atoms with E-state index in [1.807, 2.05) is 0 Å². The molecule has 2 aromatic heterocycles. The molecule has 8 nitrogen and oxygen atoms in total. The lowest BCUT2D eigenvalue weighted by atomic mass is 9.98. The highest BCUT2D eigenvalue weighted by Crippen LogP contribution is 2.32. The predicted octanol–water partition coefficient (Wildman–Crippen LogP) is 3.75. The number of rotatable bonds is 5. The van der Waals surface area contributed by atoms with Gasteiger partial charge in [0.1, 0.15) is 29.1 Å². The number of amides is 1. The molecular formula is C19H17F5N4O4. The number of piperidine rings is 1. The van der Waals surface area contributed by atoms with Crippen molar-refractivity contribution in [1.82, 2.24) is 14.9 Å². The number of pyridine rings is 2. The number of carbonyl (C=O) groups is 2. The Balaban J connectivity index is 1.86. The monoisotopic (exact) mass is 460 g/mol. The normalized spacial score (nSPS) is 18.2. The number of aryl methyl sites for hydroxylation is 1. The fourth-order valence-corrected chi connectivity index (χ4v) is 3.17. The lowest BCUT2D eigenvalue weighted by Gasteiger charge is -2.37. The Morgan fingerprint density at radius 1 is 1.25 bits per heavy atom. The third-order valence-electron chi connectivity index (χ3n) is 4.63. The average Bonchev–Trinajstić information content (AvgIpc) is 2.67. The van der Waals surface area contributed by atoms with E-state index in [1.54, 1.807) is 0 Å². The smallest absolute Gasteiger partial charge is 0.480 e. The highest BCUT2D eigenvalue weighted by Gasteiger charge is 2.45. The summed E-state index contributed by atoms with van der Waals surface area (Å²) in [6.45, 7) is 0.415. The van der Waals surface area contributed by atoms with E-state index in [0.29, 0.717) is 10.5 Å². The van der Waals surface area contributed by atoms with Crippen LogP contribution in [0.5, 0.6) is 5.75 Å². The molecule has 1 fully saturated rings. The van der Waals surface area contributed by atoms with Gasteiger partial charge in [-0.15, -0.1) is 13.2 Å². The van der Waals surface area contributed by atoms with Crippen LogP contribution in [0.4, 0.5) is 33.6 Å². The molecule has 1 amide bonds. The van der Waals surface area contributed by atoms with Crippen molar-refractivity contribution < 1.29 is 41.4 Å². The Labute approximate surface area is 178 Å². The van der Waals surface area contributed by atoms with Crippen LogP contribution >= 0.6 is 0 Å². The first-order valence-corrected chi connectivity index (χ1v) is 9.23. The largest absolute Gasteiger partial charge is 0.573 e. The van der Waals surface area contributed by atoms with E-state index in [0.717, 1.165) is 18.3 Å². The summed E-state index contributed by atoms with van der Waals surface area (Å²) in [4.78, 5) is 32.8. The Morgan fingerprint density at radius 3 is 2.62 bits per heavy atom. The van der Waals surface area contributed by atoms with Gasteiger partial charge in [-0.3, -0.25) is 4.79 Å². The number of aliphatic carboxylic acids is 1. The molecule has 3 rings (SSSR count). The second kappa shape index (κ2) is 8.55. The molecule has 1 aliphatic rings. The second-order valence-corrected chi connectivity index (χ2v) is 7.09. The fraction of sp³-hybridized carbons (Fsp3) is 0.368. The zero-order valence-electron chi connectivity index (χ0n) is 16.5.